The van der Waals surface area contributed by atoms with Crippen molar-refractivity contribution in [3.8, 4) is 5.88 Å². The first-order valence-electron chi connectivity index (χ1n) is 9.21. The molecule has 1 unspecified atom stereocenters. The van der Waals surface area contributed by atoms with E-state index in [0.717, 1.165) is 36.0 Å². The molecule has 0 spiro atoms. The largest absolute Gasteiger partial charge is 0.473 e. The Morgan fingerprint density at radius 1 is 1.08 bits per heavy atom. The van der Waals surface area contributed by atoms with Crippen molar-refractivity contribution in [3.63, 3.8) is 0 Å². The number of aliphatic hydroxyl groups is 1. The Balaban J connectivity index is 2.35. The quantitative estimate of drug-likeness (QED) is 0.750. The van der Waals surface area contributed by atoms with Crippen LogP contribution in [-0.4, -0.2) is 50.7 Å². The van der Waals surface area contributed by atoms with E-state index >= 15 is 0 Å². The summed E-state index contributed by atoms with van der Waals surface area (Å²) in [6.45, 7) is 10.9. The molecule has 140 valence electrons. The number of nitrogens with zero attached hydrogens (tertiary/aromatic N) is 5. The molecule has 1 N–H and O–H groups in total. The fourth-order valence-electron chi connectivity index (χ4n) is 2.70. The third-order valence-electron chi connectivity index (χ3n) is 4.83. The first kappa shape index (κ1) is 19.4. The molecule has 0 aliphatic heterocycles. The second-order valence-electron chi connectivity index (χ2n) is 6.62. The molecule has 2 rings (SSSR count). The van der Waals surface area contributed by atoms with Crippen LogP contribution >= 0.6 is 0 Å². The van der Waals surface area contributed by atoms with E-state index in [9.17, 15) is 5.11 Å². The Morgan fingerprint density at radius 3 is 2.36 bits per heavy atom. The highest BCUT2D eigenvalue weighted by molar-refractivity contribution is 5.55. The smallest absolute Gasteiger partial charge is 0.248 e. The number of hydrogen-bond donors (Lipinski definition) is 1. The van der Waals surface area contributed by atoms with Crippen LogP contribution in [0, 0.1) is 13.8 Å². The highest BCUT2D eigenvalue weighted by Crippen LogP contribution is 2.25. The van der Waals surface area contributed by atoms with E-state index in [1.165, 1.54) is 0 Å². The van der Waals surface area contributed by atoms with Crippen molar-refractivity contribution < 1.29 is 9.84 Å². The number of aliphatic hydroxyl groups excluding tert-OH is 1. The molecule has 0 saturated carbocycles. The van der Waals surface area contributed by atoms with E-state index in [1.807, 2.05) is 32.7 Å². The molecule has 2 heterocycles. The second kappa shape index (κ2) is 8.47. The van der Waals surface area contributed by atoms with Crippen LogP contribution in [0.15, 0.2) is 0 Å². The molecule has 0 fully saturated rings. The van der Waals surface area contributed by atoms with E-state index in [1.54, 1.807) is 4.52 Å². The van der Waals surface area contributed by atoms with E-state index in [0.29, 0.717) is 24.8 Å². The summed E-state index contributed by atoms with van der Waals surface area (Å²) in [6.07, 6.45) is 3.17. The topological polar surface area (TPSA) is 75.8 Å². The molecule has 2 aromatic rings. The third kappa shape index (κ3) is 4.21. The molecule has 0 saturated heterocycles. The molecule has 1 atom stereocenters. The van der Waals surface area contributed by atoms with Crippen LogP contribution in [0.3, 0.4) is 0 Å². The summed E-state index contributed by atoms with van der Waals surface area (Å²) in [5, 5.41) is 23.1. The van der Waals surface area contributed by atoms with Crippen molar-refractivity contribution in [1.29, 1.82) is 0 Å². The van der Waals surface area contributed by atoms with Gasteiger partial charge in [0.05, 0.1) is 12.2 Å². The van der Waals surface area contributed by atoms with Crippen LogP contribution in [0.4, 0.5) is 5.95 Å². The molecule has 2 aromatic heterocycles. The van der Waals surface area contributed by atoms with Crippen LogP contribution in [-0.2, 0) is 0 Å². The average molecular weight is 349 g/mol. The summed E-state index contributed by atoms with van der Waals surface area (Å²) in [7, 11) is 1.94. The lowest BCUT2D eigenvalue weighted by molar-refractivity contribution is 0.162. The van der Waals surface area contributed by atoms with Gasteiger partial charge in [-0.1, -0.05) is 20.8 Å². The predicted octanol–water partition coefficient (Wildman–Crippen LogP) is 2.91. The Labute approximate surface area is 150 Å². The van der Waals surface area contributed by atoms with Gasteiger partial charge in [0.25, 0.3) is 0 Å². The molecule has 25 heavy (non-hydrogen) atoms. The Bertz CT molecular complexity index is 696. The Morgan fingerprint density at radius 2 is 1.76 bits per heavy atom. The summed E-state index contributed by atoms with van der Waals surface area (Å²) >= 11 is 0. The molecule has 7 heteroatoms. The highest BCUT2D eigenvalue weighted by Gasteiger charge is 2.19. The number of ether oxygens (including phenoxy) is 1. The molecule has 0 aromatic carbocycles. The van der Waals surface area contributed by atoms with Gasteiger partial charge in [-0.2, -0.15) is 4.52 Å². The first-order valence-corrected chi connectivity index (χ1v) is 9.21. The van der Waals surface area contributed by atoms with E-state index in [-0.39, 0.29) is 12.2 Å². The van der Waals surface area contributed by atoms with Crippen molar-refractivity contribution in [3.05, 3.63) is 11.1 Å². The van der Waals surface area contributed by atoms with Gasteiger partial charge >= 0.3 is 0 Å². The number of aromatic nitrogens is 4. The summed E-state index contributed by atoms with van der Waals surface area (Å²) in [4.78, 5) is 1.97. The molecule has 0 aliphatic rings. The summed E-state index contributed by atoms with van der Waals surface area (Å²) in [5.74, 6) is 1.30. The molecule has 0 bridgehead atoms. The minimum atomic E-state index is -0.299. The Kier molecular flexibility index (Phi) is 6.58. The summed E-state index contributed by atoms with van der Waals surface area (Å²) < 4.78 is 7.85. The number of aryl methyl sites for hydroxylation is 1. The third-order valence-corrected chi connectivity index (χ3v) is 4.83. The normalized spacial score (nSPS) is 12.8. The van der Waals surface area contributed by atoms with Crippen LogP contribution < -0.4 is 9.64 Å². The maximum Gasteiger partial charge on any atom is 0.248 e. The van der Waals surface area contributed by atoms with Gasteiger partial charge in [-0.05, 0) is 39.5 Å². The molecular formula is C18H31N5O2. The van der Waals surface area contributed by atoms with Gasteiger partial charge in [0, 0.05) is 24.7 Å². The van der Waals surface area contributed by atoms with Crippen molar-refractivity contribution in [2.45, 2.75) is 72.5 Å². The van der Waals surface area contributed by atoms with E-state index in [2.05, 4.69) is 29.1 Å². The van der Waals surface area contributed by atoms with E-state index < -0.39 is 0 Å². The fraction of sp³-hybridized carbons (Fsp3) is 0.722. The lowest BCUT2D eigenvalue weighted by atomic mass is 10.2. The molecular weight excluding hydrogens is 318 g/mol. The lowest BCUT2D eigenvalue weighted by Gasteiger charge is -2.20. The van der Waals surface area contributed by atoms with E-state index in [4.69, 9.17) is 4.74 Å². The van der Waals surface area contributed by atoms with Crippen molar-refractivity contribution in [2.24, 2.45) is 0 Å². The lowest BCUT2D eigenvalue weighted by Crippen LogP contribution is -2.25. The van der Waals surface area contributed by atoms with Gasteiger partial charge in [0.2, 0.25) is 11.8 Å². The molecule has 7 nitrogen and oxygen atoms in total. The van der Waals surface area contributed by atoms with Crippen molar-refractivity contribution in [1.82, 2.24) is 19.8 Å². The molecule has 0 aliphatic carbocycles. The molecule has 0 radical (unpaired) electrons. The monoisotopic (exact) mass is 349 g/mol. The van der Waals surface area contributed by atoms with Crippen LogP contribution in [0.2, 0.25) is 0 Å². The van der Waals surface area contributed by atoms with Gasteiger partial charge in [0.15, 0.2) is 5.65 Å². The van der Waals surface area contributed by atoms with Gasteiger partial charge in [0.1, 0.15) is 0 Å². The zero-order valence-corrected chi connectivity index (χ0v) is 16.3. The summed E-state index contributed by atoms with van der Waals surface area (Å²) in [5.41, 5.74) is 2.77. The number of rotatable bonds is 9. The molecule has 0 amide bonds. The van der Waals surface area contributed by atoms with Crippen molar-refractivity contribution in [2.75, 3.05) is 18.5 Å². The van der Waals surface area contributed by atoms with Gasteiger partial charge in [-0.3, -0.25) is 0 Å². The predicted molar refractivity (Wildman–Crippen MR) is 99.4 cm³/mol. The fourth-order valence-corrected chi connectivity index (χ4v) is 2.70. The number of fused-ring (bicyclic) bond motifs is 1. The number of anilines is 1. The van der Waals surface area contributed by atoms with Crippen LogP contribution in [0.1, 0.15) is 57.6 Å². The second-order valence-corrected chi connectivity index (χ2v) is 6.62. The first-order chi connectivity index (χ1) is 11.9. The summed E-state index contributed by atoms with van der Waals surface area (Å²) in [6, 6.07) is 0. The zero-order chi connectivity index (χ0) is 18.6. The van der Waals surface area contributed by atoms with Crippen LogP contribution in [0.25, 0.3) is 5.65 Å². The maximum absolute atomic E-state index is 9.79. The minimum absolute atomic E-state index is 0.153. The van der Waals surface area contributed by atoms with Gasteiger partial charge < -0.3 is 14.7 Å². The SMILES string of the molecule is CCC(O)CCN(C)c1nnc2c(C)c(C)c(OC(CC)CC)nn12. The highest BCUT2D eigenvalue weighted by atomic mass is 16.5. The van der Waals surface area contributed by atoms with Crippen molar-refractivity contribution >= 4 is 11.6 Å². The van der Waals surface area contributed by atoms with Crippen LogP contribution in [0.5, 0.6) is 5.88 Å². The maximum atomic E-state index is 9.79. The van der Waals surface area contributed by atoms with Gasteiger partial charge in [-0.25, -0.2) is 0 Å². The number of hydrogen-bond acceptors (Lipinski definition) is 6. The zero-order valence-electron chi connectivity index (χ0n) is 16.3. The standard InChI is InChI=1S/C18H31N5O2/c1-7-14(24)10-11-22(6)18-20-19-16-12(4)13(5)17(21-23(16)18)25-15(8-2)9-3/h14-15,24H,7-11H2,1-6H3. The average Bonchev–Trinajstić information content (AvgIpc) is 3.05. The van der Waals surface area contributed by atoms with Gasteiger partial charge in [-0.15, -0.1) is 15.3 Å². The minimum Gasteiger partial charge on any atom is -0.473 e. The Hall–Kier alpha value is -1.89.